The predicted octanol–water partition coefficient (Wildman–Crippen LogP) is 1.96. The summed E-state index contributed by atoms with van der Waals surface area (Å²) in [6.45, 7) is 1.46. The van der Waals surface area contributed by atoms with Gasteiger partial charge in [0, 0.05) is 25.2 Å². The molecule has 1 aliphatic heterocycles. The van der Waals surface area contributed by atoms with Crippen molar-refractivity contribution in [1.82, 2.24) is 5.32 Å². The van der Waals surface area contributed by atoms with Crippen molar-refractivity contribution in [2.45, 2.75) is 37.4 Å². The number of amides is 2. The van der Waals surface area contributed by atoms with Gasteiger partial charge in [-0.1, -0.05) is 24.4 Å². The largest absolute Gasteiger partial charge is 0.359 e. The molecule has 2 N–H and O–H groups in total. The van der Waals surface area contributed by atoms with Gasteiger partial charge in [0.25, 0.3) is 0 Å². The number of carbonyl (C=O) groups excluding carboxylic acids is 2. The molecule has 1 aromatic rings. The summed E-state index contributed by atoms with van der Waals surface area (Å²) >= 11 is 6.31. The van der Waals surface area contributed by atoms with Gasteiger partial charge in [0.15, 0.2) is 9.84 Å². The summed E-state index contributed by atoms with van der Waals surface area (Å²) in [5.41, 5.74) is 1.24. The van der Waals surface area contributed by atoms with Crippen molar-refractivity contribution < 1.29 is 18.0 Å². The molecule has 1 saturated heterocycles. The highest BCUT2D eigenvalue weighted by atomic mass is 35.5. The topological polar surface area (TPSA) is 95.6 Å². The number of piperazine rings is 1. The zero-order chi connectivity index (χ0) is 19.4. The van der Waals surface area contributed by atoms with E-state index in [9.17, 15) is 18.0 Å². The number of anilines is 2. The molecule has 2 fully saturated rings. The normalized spacial score (nSPS) is 18.4. The minimum Gasteiger partial charge on any atom is -0.359 e. The number of rotatable bonds is 6. The summed E-state index contributed by atoms with van der Waals surface area (Å²) in [4.78, 5) is 25.5. The maximum Gasteiger partial charge on any atom is 0.239 e. The summed E-state index contributed by atoms with van der Waals surface area (Å²) in [6, 6.07) is 5.08. The highest BCUT2D eigenvalue weighted by Gasteiger charge is 2.29. The van der Waals surface area contributed by atoms with Crippen LogP contribution in [0.3, 0.4) is 0 Å². The molecule has 0 bridgehead atoms. The second-order valence-electron chi connectivity index (χ2n) is 7.01. The first-order valence-corrected chi connectivity index (χ1v) is 11.3. The lowest BCUT2D eigenvalue weighted by Crippen LogP contribution is -2.47. The Bertz CT molecular complexity index is 822. The van der Waals surface area contributed by atoms with Crippen molar-refractivity contribution >= 4 is 44.6 Å². The summed E-state index contributed by atoms with van der Waals surface area (Å²) in [6.07, 6.45) is 3.23. The number of sulfone groups is 1. The molecule has 27 heavy (non-hydrogen) atoms. The molecule has 1 saturated carbocycles. The summed E-state index contributed by atoms with van der Waals surface area (Å²) in [5.74, 6) is -0.533. The number of carbonyl (C=O) groups is 2. The molecule has 1 aromatic carbocycles. The number of halogens is 1. The monoisotopic (exact) mass is 413 g/mol. The van der Waals surface area contributed by atoms with E-state index < -0.39 is 9.84 Å². The molecule has 7 nitrogen and oxygen atoms in total. The van der Waals surface area contributed by atoms with Gasteiger partial charge in [-0.3, -0.25) is 9.59 Å². The molecule has 3 rings (SSSR count). The van der Waals surface area contributed by atoms with Gasteiger partial charge in [-0.05, 0) is 31.0 Å². The Hall–Kier alpha value is -1.80. The minimum absolute atomic E-state index is 0.0573. The Labute approximate surface area is 164 Å². The van der Waals surface area contributed by atoms with Crippen LogP contribution in [0.1, 0.15) is 32.1 Å². The third-order valence-corrected chi connectivity index (χ3v) is 7.60. The van der Waals surface area contributed by atoms with E-state index in [1.165, 1.54) is 0 Å². The summed E-state index contributed by atoms with van der Waals surface area (Å²) in [5, 5.41) is 5.59. The van der Waals surface area contributed by atoms with Crippen LogP contribution in [0.4, 0.5) is 11.4 Å². The van der Waals surface area contributed by atoms with E-state index in [0.29, 0.717) is 36.6 Å². The van der Waals surface area contributed by atoms with Crippen molar-refractivity contribution in [2.24, 2.45) is 0 Å². The van der Waals surface area contributed by atoms with Gasteiger partial charge in [0.2, 0.25) is 11.8 Å². The lowest BCUT2D eigenvalue weighted by Gasteiger charge is -2.29. The maximum atomic E-state index is 12.3. The van der Waals surface area contributed by atoms with Crippen LogP contribution in [-0.2, 0) is 19.4 Å². The fourth-order valence-corrected chi connectivity index (χ4v) is 5.71. The lowest BCUT2D eigenvalue weighted by atomic mass is 10.2. The first-order chi connectivity index (χ1) is 12.8. The molecular weight excluding hydrogens is 390 g/mol. The molecule has 2 amide bonds. The molecular formula is C18H24ClN3O4S. The average Bonchev–Trinajstić information content (AvgIpc) is 3.16. The number of nitrogens with zero attached hydrogens (tertiary/aromatic N) is 1. The van der Waals surface area contributed by atoms with Crippen molar-refractivity contribution in [3.05, 3.63) is 23.2 Å². The number of benzene rings is 1. The Morgan fingerprint density at radius 3 is 2.70 bits per heavy atom. The number of nitrogens with one attached hydrogen (secondary N) is 2. The first-order valence-electron chi connectivity index (χ1n) is 9.18. The standard InChI is InChI=1S/C18H24ClN3O4S/c19-15-11-13(5-6-16(15)22-9-8-20-18(24)12-22)21-17(23)7-10-27(25,26)14-3-1-2-4-14/h5-6,11,14H,1-4,7-10,12H2,(H,20,24)(H,21,23). The van der Waals surface area contributed by atoms with Crippen LogP contribution in [0.25, 0.3) is 0 Å². The Morgan fingerprint density at radius 2 is 2.04 bits per heavy atom. The highest BCUT2D eigenvalue weighted by molar-refractivity contribution is 7.92. The second-order valence-corrected chi connectivity index (χ2v) is 9.82. The predicted molar refractivity (Wildman–Crippen MR) is 106 cm³/mol. The third kappa shape index (κ3) is 5.13. The van der Waals surface area contributed by atoms with Crippen LogP contribution >= 0.6 is 11.6 Å². The fraction of sp³-hybridized carbons (Fsp3) is 0.556. The van der Waals surface area contributed by atoms with E-state index in [2.05, 4.69) is 10.6 Å². The molecule has 1 aliphatic carbocycles. The molecule has 0 aromatic heterocycles. The van der Waals surface area contributed by atoms with E-state index in [1.807, 2.05) is 4.90 Å². The van der Waals surface area contributed by atoms with Crippen LogP contribution in [0.5, 0.6) is 0 Å². The van der Waals surface area contributed by atoms with Crippen molar-refractivity contribution in [1.29, 1.82) is 0 Å². The van der Waals surface area contributed by atoms with E-state index in [-0.39, 0.29) is 35.8 Å². The Morgan fingerprint density at radius 1 is 1.30 bits per heavy atom. The van der Waals surface area contributed by atoms with Crippen LogP contribution in [0.2, 0.25) is 5.02 Å². The molecule has 0 atom stereocenters. The van der Waals surface area contributed by atoms with Crippen LogP contribution in [0.15, 0.2) is 18.2 Å². The summed E-state index contributed by atoms with van der Waals surface area (Å²) in [7, 11) is -3.21. The molecule has 148 valence electrons. The first kappa shape index (κ1) is 19.9. The Kier molecular flexibility index (Phi) is 6.26. The SMILES string of the molecule is O=C1CN(c2ccc(NC(=O)CCS(=O)(=O)C3CCCC3)cc2Cl)CCN1. The van der Waals surface area contributed by atoms with Crippen molar-refractivity contribution in [3.8, 4) is 0 Å². The minimum atomic E-state index is -3.21. The average molecular weight is 414 g/mol. The lowest BCUT2D eigenvalue weighted by molar-refractivity contribution is -0.120. The van der Waals surface area contributed by atoms with Gasteiger partial charge in [0.1, 0.15) is 0 Å². The molecule has 2 aliphatic rings. The van der Waals surface area contributed by atoms with E-state index >= 15 is 0 Å². The van der Waals surface area contributed by atoms with E-state index in [0.717, 1.165) is 18.5 Å². The smallest absolute Gasteiger partial charge is 0.239 e. The number of hydrogen-bond acceptors (Lipinski definition) is 5. The zero-order valence-electron chi connectivity index (χ0n) is 15.0. The quantitative estimate of drug-likeness (QED) is 0.743. The van der Waals surface area contributed by atoms with Gasteiger partial charge in [-0.25, -0.2) is 8.42 Å². The van der Waals surface area contributed by atoms with E-state index in [4.69, 9.17) is 11.6 Å². The second kappa shape index (κ2) is 8.48. The maximum absolute atomic E-state index is 12.3. The third-order valence-electron chi connectivity index (χ3n) is 5.03. The van der Waals surface area contributed by atoms with Gasteiger partial charge in [-0.2, -0.15) is 0 Å². The van der Waals surface area contributed by atoms with Crippen LogP contribution in [-0.4, -0.2) is 50.9 Å². The molecule has 0 radical (unpaired) electrons. The molecule has 9 heteroatoms. The van der Waals surface area contributed by atoms with Gasteiger partial charge >= 0.3 is 0 Å². The Balaban J connectivity index is 1.56. The van der Waals surface area contributed by atoms with Gasteiger partial charge in [-0.15, -0.1) is 0 Å². The summed E-state index contributed by atoms with van der Waals surface area (Å²) < 4.78 is 24.5. The fourth-order valence-electron chi connectivity index (χ4n) is 3.56. The van der Waals surface area contributed by atoms with Gasteiger partial charge < -0.3 is 15.5 Å². The molecule has 0 unspecified atom stereocenters. The molecule has 0 spiro atoms. The highest BCUT2D eigenvalue weighted by Crippen LogP contribution is 2.29. The van der Waals surface area contributed by atoms with Crippen molar-refractivity contribution in [3.63, 3.8) is 0 Å². The van der Waals surface area contributed by atoms with Gasteiger partial charge in [0.05, 0.1) is 28.3 Å². The van der Waals surface area contributed by atoms with Crippen LogP contribution < -0.4 is 15.5 Å². The van der Waals surface area contributed by atoms with Crippen molar-refractivity contribution in [2.75, 3.05) is 35.6 Å². The van der Waals surface area contributed by atoms with E-state index in [1.54, 1.807) is 18.2 Å². The van der Waals surface area contributed by atoms with Crippen LogP contribution in [0, 0.1) is 0 Å². The molecule has 1 heterocycles. The number of hydrogen-bond donors (Lipinski definition) is 2. The zero-order valence-corrected chi connectivity index (χ0v) is 16.6.